The van der Waals surface area contributed by atoms with Crippen molar-refractivity contribution < 1.29 is 9.63 Å². The second-order valence-electron chi connectivity index (χ2n) is 4.29. The van der Waals surface area contributed by atoms with E-state index in [-0.39, 0.29) is 11.3 Å². The van der Waals surface area contributed by atoms with Gasteiger partial charge in [-0.3, -0.25) is 9.63 Å². The lowest BCUT2D eigenvalue weighted by Crippen LogP contribution is -2.52. The fourth-order valence-corrected chi connectivity index (χ4v) is 2.13. The number of hydroxylamine groups is 2. The van der Waals surface area contributed by atoms with Gasteiger partial charge in [0.15, 0.2) is 0 Å². The zero-order chi connectivity index (χ0) is 10.0. The summed E-state index contributed by atoms with van der Waals surface area (Å²) in [5, 5.41) is 1.54. The summed E-state index contributed by atoms with van der Waals surface area (Å²) >= 11 is 0. The maximum absolute atomic E-state index is 12.1. The molecule has 0 aromatic heterocycles. The normalized spacial score (nSPS) is 25.6. The maximum Gasteiger partial charge on any atom is 0.253 e. The monoisotopic (exact) mass is 198 g/mol. The summed E-state index contributed by atoms with van der Waals surface area (Å²) in [4.78, 5) is 17.4. The predicted molar refractivity (Wildman–Crippen MR) is 52.2 cm³/mol. The van der Waals surface area contributed by atoms with E-state index in [0.29, 0.717) is 13.2 Å². The molecule has 80 valence electrons. The highest BCUT2D eigenvalue weighted by Crippen LogP contribution is 2.41. The topological polar surface area (TPSA) is 55.6 Å². The molecule has 1 amide bonds. The van der Waals surface area contributed by atoms with Gasteiger partial charge in [-0.2, -0.15) is 0 Å². The van der Waals surface area contributed by atoms with Gasteiger partial charge < -0.3 is 5.73 Å². The van der Waals surface area contributed by atoms with Gasteiger partial charge in [0, 0.05) is 13.1 Å². The van der Waals surface area contributed by atoms with Gasteiger partial charge in [0.05, 0.1) is 12.0 Å². The summed E-state index contributed by atoms with van der Waals surface area (Å²) in [7, 11) is 0. The first kappa shape index (κ1) is 9.93. The minimum absolute atomic E-state index is 0.117. The maximum atomic E-state index is 12.1. The summed E-state index contributed by atoms with van der Waals surface area (Å²) in [6, 6.07) is 0. The van der Waals surface area contributed by atoms with Gasteiger partial charge in [-0.25, -0.2) is 5.06 Å². The molecule has 2 aliphatic rings. The van der Waals surface area contributed by atoms with Crippen LogP contribution in [0.1, 0.15) is 32.1 Å². The largest absolute Gasteiger partial charge is 0.329 e. The number of amides is 1. The molecule has 14 heavy (non-hydrogen) atoms. The Morgan fingerprint density at radius 2 is 2.14 bits per heavy atom. The van der Waals surface area contributed by atoms with E-state index in [1.165, 1.54) is 5.06 Å². The summed E-state index contributed by atoms with van der Waals surface area (Å²) < 4.78 is 0. The predicted octanol–water partition coefficient (Wildman–Crippen LogP) is 0.669. The Balaban J connectivity index is 1.98. The molecule has 2 fully saturated rings. The zero-order valence-electron chi connectivity index (χ0n) is 8.50. The Labute approximate surface area is 84.3 Å². The summed E-state index contributed by atoms with van der Waals surface area (Å²) in [5.41, 5.74) is 5.39. The van der Waals surface area contributed by atoms with Crippen molar-refractivity contribution in [3.05, 3.63) is 0 Å². The highest BCUT2D eigenvalue weighted by molar-refractivity contribution is 5.83. The lowest BCUT2D eigenvalue weighted by molar-refractivity contribution is -0.211. The molecule has 1 saturated heterocycles. The van der Waals surface area contributed by atoms with Gasteiger partial charge in [-0.15, -0.1) is 0 Å². The van der Waals surface area contributed by atoms with Crippen molar-refractivity contribution in [1.82, 2.24) is 5.06 Å². The second kappa shape index (κ2) is 3.87. The van der Waals surface area contributed by atoms with Gasteiger partial charge in [0.1, 0.15) is 0 Å². The third kappa shape index (κ3) is 1.53. The number of rotatable bonds is 2. The third-order valence-electron chi connectivity index (χ3n) is 3.38. The Morgan fingerprint density at radius 3 is 2.57 bits per heavy atom. The molecule has 0 aromatic carbocycles. The number of hydrogen-bond acceptors (Lipinski definition) is 3. The zero-order valence-corrected chi connectivity index (χ0v) is 8.50. The molecule has 2 rings (SSSR count). The van der Waals surface area contributed by atoms with Crippen molar-refractivity contribution in [2.75, 3.05) is 19.7 Å². The number of hydrogen-bond donors (Lipinski definition) is 1. The van der Waals surface area contributed by atoms with Crippen LogP contribution >= 0.6 is 0 Å². The molecule has 4 nitrogen and oxygen atoms in total. The van der Waals surface area contributed by atoms with Crippen LogP contribution in [0.5, 0.6) is 0 Å². The molecule has 0 unspecified atom stereocenters. The van der Waals surface area contributed by atoms with Crippen LogP contribution < -0.4 is 5.73 Å². The van der Waals surface area contributed by atoms with Crippen LogP contribution in [0.15, 0.2) is 0 Å². The molecule has 0 atom stereocenters. The third-order valence-corrected chi connectivity index (χ3v) is 3.38. The number of carbonyl (C=O) groups is 1. The smallest absolute Gasteiger partial charge is 0.253 e. The lowest BCUT2D eigenvalue weighted by Gasteiger charge is -2.42. The van der Waals surface area contributed by atoms with E-state index >= 15 is 0 Å². The Kier molecular flexibility index (Phi) is 2.74. The van der Waals surface area contributed by atoms with E-state index < -0.39 is 0 Å². The van der Waals surface area contributed by atoms with Gasteiger partial charge in [0.25, 0.3) is 5.91 Å². The fourth-order valence-electron chi connectivity index (χ4n) is 2.13. The minimum atomic E-state index is -0.280. The number of carbonyl (C=O) groups excluding carboxylic acids is 1. The summed E-state index contributed by atoms with van der Waals surface area (Å²) in [6.45, 7) is 1.87. The molecule has 0 spiro atoms. The van der Waals surface area contributed by atoms with Crippen LogP contribution in [0.2, 0.25) is 0 Å². The molecular formula is C10H18N2O2. The van der Waals surface area contributed by atoms with Crippen LogP contribution in [0.4, 0.5) is 0 Å². The van der Waals surface area contributed by atoms with E-state index in [1.54, 1.807) is 0 Å². The minimum Gasteiger partial charge on any atom is -0.329 e. The van der Waals surface area contributed by atoms with Crippen LogP contribution in [0, 0.1) is 5.41 Å². The van der Waals surface area contributed by atoms with Crippen molar-refractivity contribution >= 4 is 5.91 Å². The molecule has 2 N–H and O–H groups in total. The molecular weight excluding hydrogens is 180 g/mol. The Morgan fingerprint density at radius 1 is 1.36 bits per heavy atom. The standard InChI is InChI=1S/C10H18N2O2/c11-8-10(4-3-5-10)9(13)12-6-1-2-7-14-12/h1-8,11H2. The summed E-state index contributed by atoms with van der Waals surface area (Å²) in [5.74, 6) is 0.117. The molecule has 0 bridgehead atoms. The fraction of sp³-hybridized carbons (Fsp3) is 0.900. The lowest BCUT2D eigenvalue weighted by atomic mass is 9.68. The van der Waals surface area contributed by atoms with Crippen LogP contribution in [-0.4, -0.2) is 30.7 Å². The van der Waals surface area contributed by atoms with E-state index in [9.17, 15) is 4.79 Å². The highest BCUT2D eigenvalue weighted by atomic mass is 16.7. The van der Waals surface area contributed by atoms with E-state index in [2.05, 4.69) is 0 Å². The highest BCUT2D eigenvalue weighted by Gasteiger charge is 2.45. The van der Waals surface area contributed by atoms with Crippen LogP contribution in [-0.2, 0) is 9.63 Å². The second-order valence-corrected chi connectivity index (χ2v) is 4.29. The summed E-state index contributed by atoms with van der Waals surface area (Å²) in [6.07, 6.45) is 5.09. The molecule has 1 heterocycles. The molecule has 0 radical (unpaired) electrons. The molecule has 4 heteroatoms. The average Bonchev–Trinajstić information content (AvgIpc) is 2.18. The molecule has 1 aliphatic carbocycles. The van der Waals surface area contributed by atoms with Crippen molar-refractivity contribution in [2.45, 2.75) is 32.1 Å². The quantitative estimate of drug-likeness (QED) is 0.709. The average molecular weight is 198 g/mol. The Bertz CT molecular complexity index is 215. The first-order chi connectivity index (χ1) is 6.78. The molecule has 0 aromatic rings. The van der Waals surface area contributed by atoms with Gasteiger partial charge in [-0.1, -0.05) is 6.42 Å². The number of nitrogens with two attached hydrogens (primary N) is 1. The van der Waals surface area contributed by atoms with Gasteiger partial charge in [-0.05, 0) is 25.7 Å². The van der Waals surface area contributed by atoms with E-state index in [1.807, 2.05) is 0 Å². The van der Waals surface area contributed by atoms with Crippen LogP contribution in [0.3, 0.4) is 0 Å². The van der Waals surface area contributed by atoms with Gasteiger partial charge >= 0.3 is 0 Å². The first-order valence-corrected chi connectivity index (χ1v) is 5.43. The first-order valence-electron chi connectivity index (χ1n) is 5.43. The van der Waals surface area contributed by atoms with Crippen LogP contribution in [0.25, 0.3) is 0 Å². The van der Waals surface area contributed by atoms with E-state index in [0.717, 1.165) is 38.6 Å². The van der Waals surface area contributed by atoms with Crippen molar-refractivity contribution in [1.29, 1.82) is 0 Å². The van der Waals surface area contributed by atoms with Gasteiger partial charge in [0.2, 0.25) is 0 Å². The van der Waals surface area contributed by atoms with Crippen molar-refractivity contribution in [3.63, 3.8) is 0 Å². The SMILES string of the molecule is NCC1(C(=O)N2CCCCO2)CCC1. The molecule has 1 aliphatic heterocycles. The van der Waals surface area contributed by atoms with E-state index in [4.69, 9.17) is 10.6 Å². The Hall–Kier alpha value is -0.610. The number of nitrogens with zero attached hydrogens (tertiary/aromatic N) is 1. The van der Waals surface area contributed by atoms with Crippen molar-refractivity contribution in [2.24, 2.45) is 11.1 Å². The van der Waals surface area contributed by atoms with Crippen molar-refractivity contribution in [3.8, 4) is 0 Å². The molecule has 1 saturated carbocycles.